The number of carbonyl (C=O) groups is 1. The number of aliphatic hydroxyl groups is 1. The lowest BCUT2D eigenvalue weighted by molar-refractivity contribution is -0.366. The second kappa shape index (κ2) is 7.24. The summed E-state index contributed by atoms with van der Waals surface area (Å²) in [5, 5.41) is 10.9. The summed E-state index contributed by atoms with van der Waals surface area (Å²) in [5.74, 6) is -2.45. The number of pyridine rings is 1. The molecule has 0 saturated heterocycles. The zero-order valence-electron chi connectivity index (χ0n) is 15.2. The number of fused-ring (bicyclic) bond motifs is 1. The Morgan fingerprint density at radius 1 is 1.03 bits per heavy atom. The molecule has 3 rings (SSSR count). The average molecular weight is 464 g/mol. The third-order valence-corrected chi connectivity index (χ3v) is 4.87. The van der Waals surface area contributed by atoms with Gasteiger partial charge in [-0.05, 0) is 31.4 Å². The van der Waals surface area contributed by atoms with Crippen LogP contribution in [0.1, 0.15) is 37.4 Å². The molecule has 0 bridgehead atoms. The van der Waals surface area contributed by atoms with Crippen LogP contribution in [-0.4, -0.2) is 43.5 Å². The average Bonchev–Trinajstić information content (AvgIpc) is 2.87. The Hall–Kier alpha value is -2.58. The van der Waals surface area contributed by atoms with E-state index in [0.717, 1.165) is 10.6 Å². The number of rotatable bonds is 4. The minimum Gasteiger partial charge on any atom is -0.373 e. The van der Waals surface area contributed by atoms with E-state index in [4.69, 9.17) is 5.11 Å². The van der Waals surface area contributed by atoms with Crippen molar-refractivity contribution in [2.45, 2.75) is 55.9 Å². The lowest BCUT2D eigenvalue weighted by atomic mass is 9.93. The monoisotopic (exact) mass is 464 g/mol. The fourth-order valence-electron chi connectivity index (χ4n) is 2.97. The van der Waals surface area contributed by atoms with Crippen LogP contribution in [0.25, 0.3) is 11.2 Å². The Kier molecular flexibility index (Phi) is 5.39. The van der Waals surface area contributed by atoms with Gasteiger partial charge in [-0.15, -0.1) is 0 Å². The Balaban J connectivity index is 1.98. The number of halogens is 9. The Bertz CT molecular complexity index is 976. The van der Waals surface area contributed by atoms with E-state index in [2.05, 4.69) is 9.97 Å². The summed E-state index contributed by atoms with van der Waals surface area (Å²) in [6, 6.07) is 0.996. The molecule has 2 aromatic rings. The predicted octanol–water partition coefficient (Wildman–Crippen LogP) is 4.36. The lowest BCUT2D eigenvalue weighted by Crippen LogP contribution is -2.58. The summed E-state index contributed by atoms with van der Waals surface area (Å²) >= 11 is 0. The van der Waals surface area contributed by atoms with Crippen molar-refractivity contribution in [2.24, 2.45) is 0 Å². The summed E-state index contributed by atoms with van der Waals surface area (Å²) < 4.78 is 117. The molecule has 0 atom stereocenters. The van der Waals surface area contributed by atoms with Crippen molar-refractivity contribution in [1.82, 2.24) is 14.5 Å². The number of nitrogens with zero attached hydrogens (tertiary/aromatic N) is 3. The lowest BCUT2D eigenvalue weighted by Gasteiger charge is -2.32. The maximum Gasteiger partial charge on any atom is 0.433 e. The number of aromatic nitrogens is 3. The smallest absolute Gasteiger partial charge is 0.373 e. The van der Waals surface area contributed by atoms with Crippen LogP contribution in [0.5, 0.6) is 0 Å². The van der Waals surface area contributed by atoms with Gasteiger partial charge in [-0.3, -0.25) is 14.7 Å². The standard InChI is InChI=1S/C16H13F9N4O2/c17-14(18,19)9-5-4-8-11(27-9)29(7-2-1-3-7)12(26-8)28-10(30)6-13(31,15(20,21)22)16(23,24)25/h4-5,7,31H,1-3,6H2,(H,26,28,30). The maximum absolute atomic E-state index is 13.0. The van der Waals surface area contributed by atoms with Crippen molar-refractivity contribution >= 4 is 23.0 Å². The van der Waals surface area contributed by atoms with Crippen molar-refractivity contribution in [2.75, 3.05) is 5.32 Å². The van der Waals surface area contributed by atoms with Gasteiger partial charge in [-0.2, -0.15) is 39.5 Å². The molecule has 2 N–H and O–H groups in total. The Morgan fingerprint density at radius 2 is 1.61 bits per heavy atom. The first-order chi connectivity index (χ1) is 14.0. The maximum atomic E-state index is 13.0. The minimum atomic E-state index is -6.21. The second-order valence-corrected chi connectivity index (χ2v) is 7.01. The minimum absolute atomic E-state index is 0.155. The molecule has 31 heavy (non-hydrogen) atoms. The molecule has 1 aliphatic rings. The van der Waals surface area contributed by atoms with E-state index in [1.807, 2.05) is 0 Å². The van der Waals surface area contributed by atoms with Gasteiger partial charge < -0.3 is 5.11 Å². The molecule has 2 heterocycles. The molecular weight excluding hydrogens is 451 g/mol. The molecule has 172 valence electrons. The van der Waals surface area contributed by atoms with Gasteiger partial charge in [0.15, 0.2) is 5.65 Å². The first-order valence-corrected chi connectivity index (χ1v) is 8.66. The third kappa shape index (κ3) is 4.14. The van der Waals surface area contributed by atoms with Crippen molar-refractivity contribution < 1.29 is 49.4 Å². The van der Waals surface area contributed by atoms with Crippen molar-refractivity contribution in [3.8, 4) is 0 Å². The van der Waals surface area contributed by atoms with Crippen LogP contribution in [0.2, 0.25) is 0 Å². The zero-order valence-corrected chi connectivity index (χ0v) is 15.2. The van der Waals surface area contributed by atoms with E-state index in [1.54, 1.807) is 5.32 Å². The normalized spacial score (nSPS) is 16.5. The fourth-order valence-corrected chi connectivity index (χ4v) is 2.97. The van der Waals surface area contributed by atoms with Crippen LogP contribution in [0.3, 0.4) is 0 Å². The summed E-state index contributed by atoms with van der Waals surface area (Å²) in [5.41, 5.74) is -7.10. The molecule has 2 aromatic heterocycles. The summed E-state index contributed by atoms with van der Waals surface area (Å²) in [7, 11) is 0. The van der Waals surface area contributed by atoms with Crippen LogP contribution in [0.15, 0.2) is 12.1 Å². The highest BCUT2D eigenvalue weighted by Crippen LogP contribution is 2.45. The fraction of sp³-hybridized carbons (Fsp3) is 0.562. The van der Waals surface area contributed by atoms with Crippen LogP contribution in [0, 0.1) is 0 Å². The number of anilines is 1. The van der Waals surface area contributed by atoms with Gasteiger partial charge in [0, 0.05) is 6.04 Å². The van der Waals surface area contributed by atoms with Crippen LogP contribution >= 0.6 is 0 Å². The number of hydrogen-bond acceptors (Lipinski definition) is 4. The van der Waals surface area contributed by atoms with E-state index < -0.39 is 54.1 Å². The molecular formula is C16H13F9N4O2. The van der Waals surface area contributed by atoms with Crippen molar-refractivity contribution in [1.29, 1.82) is 0 Å². The van der Waals surface area contributed by atoms with E-state index in [1.165, 1.54) is 0 Å². The highest BCUT2D eigenvalue weighted by Gasteiger charge is 2.71. The number of amides is 1. The first-order valence-electron chi connectivity index (χ1n) is 8.66. The zero-order chi connectivity index (χ0) is 23.4. The summed E-state index contributed by atoms with van der Waals surface area (Å²) in [6.45, 7) is 0. The molecule has 1 fully saturated rings. The molecule has 0 spiro atoms. The van der Waals surface area contributed by atoms with E-state index in [-0.39, 0.29) is 11.2 Å². The van der Waals surface area contributed by atoms with Crippen molar-refractivity contribution in [3.63, 3.8) is 0 Å². The van der Waals surface area contributed by atoms with E-state index >= 15 is 0 Å². The summed E-state index contributed by atoms with van der Waals surface area (Å²) in [6.07, 6.45) is -18.2. The summed E-state index contributed by atoms with van der Waals surface area (Å²) in [4.78, 5) is 19.2. The molecule has 1 saturated carbocycles. The molecule has 0 aliphatic heterocycles. The van der Waals surface area contributed by atoms with Gasteiger partial charge in [0.25, 0.3) is 5.60 Å². The quantitative estimate of drug-likeness (QED) is 0.660. The van der Waals surface area contributed by atoms with Gasteiger partial charge in [-0.1, -0.05) is 0 Å². The van der Waals surface area contributed by atoms with Gasteiger partial charge in [0.2, 0.25) is 11.9 Å². The Labute approximate surface area is 167 Å². The van der Waals surface area contributed by atoms with Gasteiger partial charge in [0.1, 0.15) is 11.2 Å². The number of carbonyl (C=O) groups excluding carboxylic acids is 1. The van der Waals surface area contributed by atoms with Crippen LogP contribution in [0.4, 0.5) is 45.5 Å². The Morgan fingerprint density at radius 3 is 2.06 bits per heavy atom. The second-order valence-electron chi connectivity index (χ2n) is 7.01. The van der Waals surface area contributed by atoms with E-state index in [0.29, 0.717) is 25.3 Å². The SMILES string of the molecule is O=C(CC(O)(C(F)(F)F)C(F)(F)F)Nc1nc2ccc(C(F)(F)F)nc2n1C1CCC1. The molecule has 6 nitrogen and oxygen atoms in total. The topological polar surface area (TPSA) is 80.0 Å². The van der Waals surface area contributed by atoms with Crippen molar-refractivity contribution in [3.05, 3.63) is 17.8 Å². The molecule has 0 radical (unpaired) electrons. The number of alkyl halides is 9. The number of hydrogen-bond donors (Lipinski definition) is 2. The molecule has 0 unspecified atom stereocenters. The number of nitrogens with one attached hydrogen (secondary N) is 1. The predicted molar refractivity (Wildman–Crippen MR) is 85.7 cm³/mol. The molecule has 0 aromatic carbocycles. The van der Waals surface area contributed by atoms with Crippen LogP contribution in [-0.2, 0) is 11.0 Å². The molecule has 1 amide bonds. The first kappa shape index (κ1) is 23.1. The van der Waals surface area contributed by atoms with E-state index in [9.17, 15) is 44.3 Å². The largest absolute Gasteiger partial charge is 0.433 e. The molecule has 1 aliphatic carbocycles. The third-order valence-electron chi connectivity index (χ3n) is 4.87. The van der Waals surface area contributed by atoms with Gasteiger partial charge in [0.05, 0.1) is 6.42 Å². The van der Waals surface area contributed by atoms with Gasteiger partial charge >= 0.3 is 18.5 Å². The van der Waals surface area contributed by atoms with Gasteiger partial charge in [-0.25, -0.2) is 9.97 Å². The highest BCUT2D eigenvalue weighted by atomic mass is 19.4. The molecule has 15 heteroatoms. The number of imidazole rings is 1. The highest BCUT2D eigenvalue weighted by molar-refractivity contribution is 5.92. The van der Waals surface area contributed by atoms with Crippen LogP contribution < -0.4 is 5.32 Å².